The molecule has 8 amide bonds. The van der Waals surface area contributed by atoms with Crippen molar-refractivity contribution in [1.29, 1.82) is 0 Å². The van der Waals surface area contributed by atoms with Crippen molar-refractivity contribution in [2.45, 2.75) is 97.2 Å². The summed E-state index contributed by atoms with van der Waals surface area (Å²) in [6.45, 7) is 7.55. The highest BCUT2D eigenvalue weighted by molar-refractivity contribution is 5.98. The lowest BCUT2D eigenvalue weighted by Gasteiger charge is -2.26. The molecule has 0 aliphatic carbocycles. The molecular formula is C36H61N9O11. The van der Waals surface area contributed by atoms with E-state index in [1.165, 1.54) is 11.9 Å². The second-order valence-corrected chi connectivity index (χ2v) is 13.9. The van der Waals surface area contributed by atoms with Gasteiger partial charge in [-0.15, -0.1) is 0 Å². The number of benzene rings is 1. The van der Waals surface area contributed by atoms with E-state index in [4.69, 9.17) is 26.4 Å². The van der Waals surface area contributed by atoms with Gasteiger partial charge in [-0.1, -0.05) is 39.8 Å². The normalized spacial score (nSPS) is 13.1. The van der Waals surface area contributed by atoms with Crippen LogP contribution in [0.4, 0.5) is 20.1 Å². The third-order valence-corrected chi connectivity index (χ3v) is 8.45. The molecule has 1 unspecified atom stereocenters. The molecule has 0 fully saturated rings. The van der Waals surface area contributed by atoms with Crippen LogP contribution < -0.4 is 38.1 Å². The van der Waals surface area contributed by atoms with Crippen LogP contribution >= 0.6 is 0 Å². The van der Waals surface area contributed by atoms with Gasteiger partial charge < -0.3 is 67.9 Å². The maximum atomic E-state index is 13.4. The summed E-state index contributed by atoms with van der Waals surface area (Å²) in [5.41, 5.74) is 12.0. The molecular weight excluding hydrogens is 734 g/mol. The van der Waals surface area contributed by atoms with Gasteiger partial charge in [0.05, 0.1) is 6.04 Å². The molecule has 1 aromatic rings. The first-order valence-corrected chi connectivity index (χ1v) is 18.6. The Morgan fingerprint density at radius 3 is 2.11 bits per heavy atom. The van der Waals surface area contributed by atoms with Gasteiger partial charge >= 0.3 is 18.2 Å². The van der Waals surface area contributed by atoms with E-state index in [9.17, 15) is 38.7 Å². The minimum atomic E-state index is -1.56. The lowest BCUT2D eigenvalue weighted by molar-refractivity contribution is -0.132. The molecule has 20 nitrogen and oxygen atoms in total. The predicted molar refractivity (Wildman–Crippen MR) is 206 cm³/mol. The number of aliphatic hydroxyl groups excluding tert-OH is 1. The number of urea groups is 1. The number of hydrogen-bond donors (Lipinski definition) is 10. The fourth-order valence-corrected chi connectivity index (χ4v) is 5.23. The summed E-state index contributed by atoms with van der Waals surface area (Å²) >= 11 is 0. The molecule has 20 heteroatoms. The maximum absolute atomic E-state index is 13.4. The van der Waals surface area contributed by atoms with Crippen LogP contribution in [-0.4, -0.2) is 131 Å². The van der Waals surface area contributed by atoms with Crippen LogP contribution in [0, 0.1) is 11.8 Å². The zero-order valence-electron chi connectivity index (χ0n) is 32.9. The quantitative estimate of drug-likeness (QED) is 0.0470. The molecule has 56 heavy (non-hydrogen) atoms. The summed E-state index contributed by atoms with van der Waals surface area (Å²) in [6.07, 6.45) is -2.39. The molecule has 0 saturated carbocycles. The van der Waals surface area contributed by atoms with Crippen molar-refractivity contribution in [3.05, 3.63) is 29.8 Å². The Morgan fingerprint density at radius 1 is 0.875 bits per heavy atom. The number of aliphatic hydroxyl groups is 2. The Labute approximate surface area is 327 Å². The number of amides is 8. The first-order valence-electron chi connectivity index (χ1n) is 18.6. The number of nitrogens with two attached hydrogens (primary N) is 2. The Bertz CT molecular complexity index is 1430. The molecule has 0 aliphatic rings. The summed E-state index contributed by atoms with van der Waals surface area (Å²) in [4.78, 5) is 89.3. The molecule has 0 aromatic heterocycles. The van der Waals surface area contributed by atoms with Crippen LogP contribution in [0.5, 0.6) is 0 Å². The van der Waals surface area contributed by atoms with E-state index in [-0.39, 0.29) is 82.6 Å². The highest BCUT2D eigenvalue weighted by Crippen LogP contribution is 2.14. The topological polar surface area (TPSA) is 308 Å². The van der Waals surface area contributed by atoms with Gasteiger partial charge in [0.1, 0.15) is 18.7 Å². The van der Waals surface area contributed by atoms with Crippen LogP contribution in [0.1, 0.15) is 71.8 Å². The maximum Gasteiger partial charge on any atom is 0.409 e. The number of rotatable bonds is 25. The number of nitrogens with one attached hydrogen (secondary N) is 5. The standard InChI is InChI=1S/C36H61N9O11/c1-6-15-39-31(49)26(37)13-14-28(46)43-30(22(2)3)33(51)42-27(8-7-16-40-34(38)52)32(50)41-25-11-9-24(10-12-25)21-56-36(55)44(5)17-18-45(35(53)54)20-23(4)19-29(47)48/h9-12,22-23,26-27,29-30,47-48H,6-8,13-21,37H2,1-5H3,(H,39,49)(H,41,50)(H,42,51)(H,43,46)(H,53,54)(H3,38,40,52)/t23?,26-,27+,30+/m1/s1. The fraction of sp³-hybridized carbons (Fsp3) is 0.639. The molecule has 316 valence electrons. The number of anilines is 1. The number of carbonyl (C=O) groups is 7. The number of carbonyl (C=O) groups excluding carboxylic acids is 6. The van der Waals surface area contributed by atoms with Gasteiger partial charge in [0.25, 0.3) is 0 Å². The molecule has 0 spiro atoms. The van der Waals surface area contributed by atoms with Crippen LogP contribution in [0.3, 0.4) is 0 Å². The van der Waals surface area contributed by atoms with Gasteiger partial charge in [-0.25, -0.2) is 14.4 Å². The highest BCUT2D eigenvalue weighted by Gasteiger charge is 2.29. The molecule has 1 aromatic carbocycles. The Balaban J connectivity index is 2.85. The van der Waals surface area contributed by atoms with E-state index >= 15 is 0 Å². The summed E-state index contributed by atoms with van der Waals surface area (Å²) in [5, 5.41) is 40.9. The molecule has 0 radical (unpaired) electrons. The van der Waals surface area contributed by atoms with E-state index in [1.807, 2.05) is 6.92 Å². The Kier molecular flexibility index (Phi) is 22.5. The molecule has 0 heterocycles. The molecule has 12 N–H and O–H groups in total. The van der Waals surface area contributed by atoms with Crippen LogP contribution in [-0.2, 0) is 30.5 Å². The van der Waals surface area contributed by atoms with E-state index in [0.29, 0.717) is 17.8 Å². The number of ether oxygens (including phenoxy) is 1. The van der Waals surface area contributed by atoms with Gasteiger partial charge in [0.2, 0.25) is 23.6 Å². The van der Waals surface area contributed by atoms with Gasteiger partial charge in [-0.3, -0.25) is 19.2 Å². The molecule has 0 saturated heterocycles. The van der Waals surface area contributed by atoms with Gasteiger partial charge in [-0.05, 0) is 55.2 Å². The summed E-state index contributed by atoms with van der Waals surface area (Å²) in [5.74, 6) is -2.75. The van der Waals surface area contributed by atoms with Crippen molar-refractivity contribution in [1.82, 2.24) is 31.1 Å². The summed E-state index contributed by atoms with van der Waals surface area (Å²) in [7, 11) is 1.45. The molecule has 0 bridgehead atoms. The van der Waals surface area contributed by atoms with Gasteiger partial charge in [0, 0.05) is 58.3 Å². The summed E-state index contributed by atoms with van der Waals surface area (Å²) < 4.78 is 5.34. The molecule has 4 atom stereocenters. The lowest BCUT2D eigenvalue weighted by Crippen LogP contribution is -2.54. The number of carboxylic acid groups (broad SMARTS) is 1. The molecule has 0 aliphatic heterocycles. The van der Waals surface area contributed by atoms with E-state index < -0.39 is 60.4 Å². The van der Waals surface area contributed by atoms with Crippen molar-refractivity contribution in [2.75, 3.05) is 45.1 Å². The Hall–Kier alpha value is -5.21. The first kappa shape index (κ1) is 48.8. The van der Waals surface area contributed by atoms with E-state index in [1.54, 1.807) is 45.0 Å². The third kappa shape index (κ3) is 19.9. The van der Waals surface area contributed by atoms with Crippen molar-refractivity contribution in [3.8, 4) is 0 Å². The number of hydrogen-bond acceptors (Lipinski definition) is 11. The van der Waals surface area contributed by atoms with Crippen molar-refractivity contribution in [2.24, 2.45) is 23.3 Å². The number of likely N-dealkylation sites (N-methyl/N-ethyl adjacent to an activating group) is 1. The minimum absolute atomic E-state index is 0.00223. The van der Waals surface area contributed by atoms with Crippen molar-refractivity contribution < 1.29 is 53.6 Å². The fourth-order valence-electron chi connectivity index (χ4n) is 5.23. The van der Waals surface area contributed by atoms with Gasteiger partial charge in [-0.2, -0.15) is 0 Å². The zero-order valence-corrected chi connectivity index (χ0v) is 32.9. The average Bonchev–Trinajstić information content (AvgIpc) is 3.13. The van der Waals surface area contributed by atoms with Gasteiger partial charge in [0.15, 0.2) is 6.29 Å². The van der Waals surface area contributed by atoms with Crippen LogP contribution in [0.25, 0.3) is 0 Å². The van der Waals surface area contributed by atoms with E-state index in [2.05, 4.69) is 26.6 Å². The third-order valence-electron chi connectivity index (χ3n) is 8.45. The van der Waals surface area contributed by atoms with Crippen LogP contribution in [0.2, 0.25) is 0 Å². The predicted octanol–water partition coefficient (Wildman–Crippen LogP) is 0.218. The monoisotopic (exact) mass is 795 g/mol. The van der Waals surface area contributed by atoms with E-state index in [0.717, 1.165) is 11.3 Å². The second kappa shape index (κ2) is 25.8. The minimum Gasteiger partial charge on any atom is -0.465 e. The second-order valence-electron chi connectivity index (χ2n) is 13.9. The largest absolute Gasteiger partial charge is 0.465 e. The first-order chi connectivity index (χ1) is 26.3. The van der Waals surface area contributed by atoms with Crippen LogP contribution in [0.15, 0.2) is 24.3 Å². The number of primary amides is 1. The highest BCUT2D eigenvalue weighted by atomic mass is 16.6. The lowest BCUT2D eigenvalue weighted by atomic mass is 10.0. The Morgan fingerprint density at radius 2 is 1.54 bits per heavy atom. The van der Waals surface area contributed by atoms with Crippen molar-refractivity contribution >= 4 is 47.5 Å². The number of nitrogens with zero attached hydrogens (tertiary/aromatic N) is 2. The van der Waals surface area contributed by atoms with Crippen molar-refractivity contribution in [3.63, 3.8) is 0 Å². The smallest absolute Gasteiger partial charge is 0.409 e. The SMILES string of the molecule is CCCNC(=O)[C@H](N)CCC(=O)N[C@H](C(=O)N[C@@H](CCCNC(N)=O)C(=O)Nc1ccc(COC(=O)N(C)CCN(CC(C)CC(O)O)C(=O)O)cc1)C(C)C. The zero-order chi connectivity index (χ0) is 42.4. The average molecular weight is 796 g/mol. The summed E-state index contributed by atoms with van der Waals surface area (Å²) in [6, 6.07) is 2.62. The molecule has 1 rings (SSSR count).